The third-order valence-corrected chi connectivity index (χ3v) is 6.55. The van der Waals surface area contributed by atoms with Crippen LogP contribution in [0.15, 0.2) is 78.9 Å². The Bertz CT molecular complexity index is 1570. The molecule has 0 saturated heterocycles. The molecule has 5 rings (SSSR count). The number of carbonyl (C=O) groups is 2. The van der Waals surface area contributed by atoms with Crippen LogP contribution in [0, 0.1) is 0 Å². The lowest BCUT2D eigenvalue weighted by Crippen LogP contribution is -2.27. The molecule has 1 aromatic heterocycles. The highest BCUT2D eigenvalue weighted by Crippen LogP contribution is 2.28. The Morgan fingerprint density at radius 1 is 0.947 bits per heavy atom. The lowest BCUT2D eigenvalue weighted by molar-refractivity contribution is -0.131. The van der Waals surface area contributed by atoms with Crippen LogP contribution in [0.3, 0.4) is 0 Å². The number of sulfonamides is 1. The van der Waals surface area contributed by atoms with Crippen LogP contribution < -0.4 is 14.8 Å². The molecule has 3 aromatic carbocycles. The van der Waals surface area contributed by atoms with Gasteiger partial charge in [-0.15, -0.1) is 0 Å². The molecule has 0 aliphatic carbocycles. The van der Waals surface area contributed by atoms with E-state index in [-0.39, 0.29) is 18.2 Å². The van der Waals surface area contributed by atoms with Gasteiger partial charge in [-0.2, -0.15) is 5.10 Å². The average Bonchev–Trinajstić information content (AvgIpc) is 3.47. The van der Waals surface area contributed by atoms with Gasteiger partial charge >= 0.3 is 0 Å². The summed E-state index contributed by atoms with van der Waals surface area (Å²) >= 11 is 0. The van der Waals surface area contributed by atoms with Gasteiger partial charge in [0, 0.05) is 16.8 Å². The number of aromatic amines is 1. The highest BCUT2D eigenvalue weighted by molar-refractivity contribution is 7.92. The van der Waals surface area contributed by atoms with Crippen LogP contribution in [0.4, 0.5) is 11.5 Å². The van der Waals surface area contributed by atoms with Crippen LogP contribution in [0.2, 0.25) is 0 Å². The standard InChI is InChI=1S/C27H25N5O5S/c1-38(35,36)31-20-11-7-18(8-12-20)15-25(33)32-16-23-24(17-32)29-30-26(23)28-27(34)19-9-13-22(14-10-19)37-21-5-3-2-4-6-21/h2-14,31H,15-17H2,1H3,(H2,28,29,30,34). The number of ether oxygens (including phenoxy) is 1. The number of amides is 2. The topological polar surface area (TPSA) is 133 Å². The van der Waals surface area contributed by atoms with Crippen molar-refractivity contribution in [2.24, 2.45) is 0 Å². The van der Waals surface area contributed by atoms with E-state index < -0.39 is 10.0 Å². The number of fused-ring (bicyclic) bond motifs is 1. The third-order valence-electron chi connectivity index (χ3n) is 5.94. The Kier molecular flexibility index (Phi) is 6.84. The monoisotopic (exact) mass is 531 g/mol. The second-order valence-electron chi connectivity index (χ2n) is 8.92. The van der Waals surface area contributed by atoms with Crippen molar-refractivity contribution in [1.82, 2.24) is 15.1 Å². The highest BCUT2D eigenvalue weighted by Gasteiger charge is 2.29. The van der Waals surface area contributed by atoms with E-state index >= 15 is 0 Å². The zero-order valence-electron chi connectivity index (χ0n) is 20.5. The van der Waals surface area contributed by atoms with Crippen molar-refractivity contribution in [3.05, 3.63) is 101 Å². The molecule has 0 unspecified atom stereocenters. The van der Waals surface area contributed by atoms with Gasteiger partial charge in [-0.1, -0.05) is 30.3 Å². The number of para-hydroxylation sites is 1. The van der Waals surface area contributed by atoms with Crippen molar-refractivity contribution in [3.8, 4) is 11.5 Å². The van der Waals surface area contributed by atoms with Crippen molar-refractivity contribution in [2.75, 3.05) is 16.3 Å². The molecule has 0 saturated carbocycles. The fraction of sp³-hybridized carbons (Fsp3) is 0.148. The minimum Gasteiger partial charge on any atom is -0.457 e. The van der Waals surface area contributed by atoms with Crippen molar-refractivity contribution >= 4 is 33.3 Å². The fourth-order valence-electron chi connectivity index (χ4n) is 4.09. The summed E-state index contributed by atoms with van der Waals surface area (Å²) in [6.07, 6.45) is 1.24. The number of nitrogens with zero attached hydrogens (tertiary/aromatic N) is 2. The Balaban J connectivity index is 1.18. The van der Waals surface area contributed by atoms with E-state index in [1.807, 2.05) is 30.3 Å². The van der Waals surface area contributed by atoms with Crippen molar-refractivity contribution in [3.63, 3.8) is 0 Å². The molecule has 2 heterocycles. The molecule has 0 bridgehead atoms. The Morgan fingerprint density at radius 3 is 2.32 bits per heavy atom. The summed E-state index contributed by atoms with van der Waals surface area (Å²) < 4.78 is 30.9. The summed E-state index contributed by atoms with van der Waals surface area (Å²) in [5.74, 6) is 1.30. The normalized spacial score (nSPS) is 12.6. The molecule has 0 radical (unpaired) electrons. The number of H-pyrrole nitrogens is 1. The number of carbonyl (C=O) groups excluding carboxylic acids is 2. The molecule has 0 spiro atoms. The quantitative estimate of drug-likeness (QED) is 0.316. The summed E-state index contributed by atoms with van der Waals surface area (Å²) in [5.41, 5.74) is 3.18. The number of anilines is 2. The lowest BCUT2D eigenvalue weighted by atomic mass is 10.1. The van der Waals surface area contributed by atoms with Gasteiger partial charge < -0.3 is 15.0 Å². The van der Waals surface area contributed by atoms with Crippen LogP contribution >= 0.6 is 0 Å². The van der Waals surface area contributed by atoms with Gasteiger partial charge in [-0.05, 0) is 54.1 Å². The summed E-state index contributed by atoms with van der Waals surface area (Å²) in [6, 6.07) is 22.8. The number of aromatic nitrogens is 2. The molecule has 2 amide bonds. The van der Waals surface area contributed by atoms with Gasteiger partial charge in [0.15, 0.2) is 5.82 Å². The second kappa shape index (κ2) is 10.4. The van der Waals surface area contributed by atoms with Crippen LogP contribution in [0.25, 0.3) is 0 Å². The average molecular weight is 532 g/mol. The molecular weight excluding hydrogens is 506 g/mol. The molecule has 11 heteroatoms. The van der Waals surface area contributed by atoms with E-state index in [0.717, 1.165) is 23.1 Å². The van der Waals surface area contributed by atoms with Gasteiger partial charge in [0.1, 0.15) is 11.5 Å². The number of hydrogen-bond acceptors (Lipinski definition) is 6. The molecule has 194 valence electrons. The minimum absolute atomic E-state index is 0.0929. The maximum atomic E-state index is 12.9. The first-order valence-corrected chi connectivity index (χ1v) is 13.7. The first-order chi connectivity index (χ1) is 18.2. The molecule has 4 aromatic rings. The molecule has 10 nitrogen and oxygen atoms in total. The maximum absolute atomic E-state index is 12.9. The zero-order chi connectivity index (χ0) is 26.7. The fourth-order valence-corrected chi connectivity index (χ4v) is 4.65. The van der Waals surface area contributed by atoms with E-state index in [2.05, 4.69) is 20.2 Å². The summed E-state index contributed by atoms with van der Waals surface area (Å²) in [5, 5.41) is 9.96. The maximum Gasteiger partial charge on any atom is 0.256 e. The Hall–Kier alpha value is -4.64. The predicted molar refractivity (Wildman–Crippen MR) is 142 cm³/mol. The molecular formula is C27H25N5O5S. The largest absolute Gasteiger partial charge is 0.457 e. The van der Waals surface area contributed by atoms with Gasteiger partial charge in [0.05, 0.1) is 31.5 Å². The molecule has 38 heavy (non-hydrogen) atoms. The van der Waals surface area contributed by atoms with Gasteiger partial charge in [-0.25, -0.2) is 8.42 Å². The summed E-state index contributed by atoms with van der Waals surface area (Å²) in [7, 11) is -3.36. The number of nitrogens with one attached hydrogen (secondary N) is 3. The Morgan fingerprint density at radius 2 is 1.63 bits per heavy atom. The molecule has 0 fully saturated rings. The number of rotatable bonds is 8. The van der Waals surface area contributed by atoms with Crippen molar-refractivity contribution < 1.29 is 22.7 Å². The molecule has 1 aliphatic rings. The molecule has 0 atom stereocenters. The zero-order valence-corrected chi connectivity index (χ0v) is 21.3. The smallest absolute Gasteiger partial charge is 0.256 e. The first-order valence-electron chi connectivity index (χ1n) is 11.8. The van der Waals surface area contributed by atoms with Crippen LogP contribution in [0.1, 0.15) is 27.2 Å². The second-order valence-corrected chi connectivity index (χ2v) is 10.7. The minimum atomic E-state index is -3.36. The van der Waals surface area contributed by atoms with Gasteiger partial charge in [-0.3, -0.25) is 19.4 Å². The van der Waals surface area contributed by atoms with Crippen molar-refractivity contribution in [2.45, 2.75) is 19.5 Å². The van der Waals surface area contributed by atoms with E-state index in [9.17, 15) is 18.0 Å². The van der Waals surface area contributed by atoms with Gasteiger partial charge in [0.2, 0.25) is 15.9 Å². The summed E-state index contributed by atoms with van der Waals surface area (Å²) in [6.45, 7) is 0.675. The van der Waals surface area contributed by atoms with E-state index in [0.29, 0.717) is 41.7 Å². The van der Waals surface area contributed by atoms with Gasteiger partial charge in [0.25, 0.3) is 5.91 Å². The van der Waals surface area contributed by atoms with Crippen LogP contribution in [-0.4, -0.2) is 41.6 Å². The summed E-state index contributed by atoms with van der Waals surface area (Å²) in [4.78, 5) is 27.4. The first kappa shape index (κ1) is 25.0. The third kappa shape index (κ3) is 6.01. The Labute approximate surface area is 219 Å². The predicted octanol–water partition coefficient (Wildman–Crippen LogP) is 3.91. The number of benzene rings is 3. The van der Waals surface area contributed by atoms with Crippen LogP contribution in [-0.2, 0) is 34.3 Å². The molecule has 1 aliphatic heterocycles. The molecule has 3 N–H and O–H groups in total. The van der Waals surface area contributed by atoms with E-state index in [1.165, 1.54) is 0 Å². The van der Waals surface area contributed by atoms with E-state index in [1.54, 1.807) is 53.4 Å². The lowest BCUT2D eigenvalue weighted by Gasteiger charge is -2.16. The highest BCUT2D eigenvalue weighted by atomic mass is 32.2. The SMILES string of the molecule is CS(=O)(=O)Nc1ccc(CC(=O)N2Cc3[nH]nc(NC(=O)c4ccc(Oc5ccccc5)cc4)c3C2)cc1. The van der Waals surface area contributed by atoms with Crippen molar-refractivity contribution in [1.29, 1.82) is 0 Å². The number of hydrogen-bond donors (Lipinski definition) is 3. The van der Waals surface area contributed by atoms with E-state index in [4.69, 9.17) is 4.74 Å². The van der Waals surface area contributed by atoms with Crippen LogP contribution in [0.5, 0.6) is 11.5 Å².